The van der Waals surface area contributed by atoms with E-state index in [-0.39, 0.29) is 17.4 Å². The quantitative estimate of drug-likeness (QED) is 0.690. The maximum Gasteiger partial charge on any atom is 0.274 e. The highest BCUT2D eigenvalue weighted by molar-refractivity contribution is 6.03. The zero-order chi connectivity index (χ0) is 19.2. The Labute approximate surface area is 157 Å². The second kappa shape index (κ2) is 8.40. The highest BCUT2D eigenvalue weighted by atomic mass is 19.1. The molecule has 0 radical (unpaired) electrons. The lowest BCUT2D eigenvalue weighted by Crippen LogP contribution is -2.16. The molecule has 0 spiro atoms. The van der Waals surface area contributed by atoms with E-state index in [4.69, 9.17) is 0 Å². The Morgan fingerprint density at radius 2 is 1.85 bits per heavy atom. The lowest BCUT2D eigenvalue weighted by molar-refractivity contribution is 0.102. The number of aryl methyl sites for hydroxylation is 2. The number of nitrogens with one attached hydrogen (secondary N) is 2. The second-order valence-corrected chi connectivity index (χ2v) is 6.34. The van der Waals surface area contributed by atoms with Crippen molar-refractivity contribution in [3.8, 4) is 0 Å². The summed E-state index contributed by atoms with van der Waals surface area (Å²) in [6, 6.07) is 13.8. The first-order chi connectivity index (χ1) is 13.0. The molecule has 0 aliphatic carbocycles. The summed E-state index contributed by atoms with van der Waals surface area (Å²) in [6.07, 6.45) is 2.24. The number of rotatable bonds is 6. The van der Waals surface area contributed by atoms with Crippen molar-refractivity contribution in [3.05, 3.63) is 82.9 Å². The van der Waals surface area contributed by atoms with Gasteiger partial charge in [0, 0.05) is 18.4 Å². The minimum Gasteiger partial charge on any atom is -0.354 e. The zero-order valence-corrected chi connectivity index (χ0v) is 15.3. The van der Waals surface area contributed by atoms with Crippen LogP contribution in [-0.4, -0.2) is 22.4 Å². The van der Waals surface area contributed by atoms with Crippen LogP contribution in [0.3, 0.4) is 0 Å². The van der Waals surface area contributed by atoms with Gasteiger partial charge in [-0.1, -0.05) is 24.3 Å². The lowest BCUT2D eigenvalue weighted by Gasteiger charge is -2.10. The van der Waals surface area contributed by atoms with Gasteiger partial charge in [-0.15, -0.1) is 0 Å². The van der Waals surface area contributed by atoms with Crippen LogP contribution in [0.4, 0.5) is 16.0 Å². The lowest BCUT2D eigenvalue weighted by atomic mass is 10.1. The van der Waals surface area contributed by atoms with Gasteiger partial charge in [-0.05, 0) is 61.2 Å². The van der Waals surface area contributed by atoms with Crippen LogP contribution in [0.25, 0.3) is 0 Å². The topological polar surface area (TPSA) is 66.9 Å². The molecule has 27 heavy (non-hydrogen) atoms. The molecule has 0 atom stereocenters. The molecule has 0 aliphatic heterocycles. The molecule has 6 heteroatoms. The maximum absolute atomic E-state index is 12.9. The van der Waals surface area contributed by atoms with E-state index >= 15 is 0 Å². The van der Waals surface area contributed by atoms with Crippen LogP contribution in [0, 0.1) is 19.7 Å². The number of hydrogen-bond donors (Lipinski definition) is 2. The standard InChI is InChI=1S/C21H21FN4O/c1-14-3-4-15(2)19(13-14)25-20(27)18-10-12-24-21(26-18)23-11-9-16-5-7-17(22)8-6-16/h3-8,10,12-13H,9,11H2,1-2H3,(H,25,27)(H,23,24,26). The molecule has 0 bridgehead atoms. The van der Waals surface area contributed by atoms with E-state index in [0.717, 1.165) is 22.4 Å². The minimum absolute atomic E-state index is 0.252. The van der Waals surface area contributed by atoms with Crippen LogP contribution in [0.1, 0.15) is 27.2 Å². The predicted molar refractivity (Wildman–Crippen MR) is 104 cm³/mol. The van der Waals surface area contributed by atoms with Gasteiger partial charge in [0.2, 0.25) is 5.95 Å². The van der Waals surface area contributed by atoms with E-state index in [1.165, 1.54) is 12.1 Å². The van der Waals surface area contributed by atoms with E-state index in [2.05, 4.69) is 20.6 Å². The third-order valence-corrected chi connectivity index (χ3v) is 4.14. The van der Waals surface area contributed by atoms with Gasteiger partial charge in [0.1, 0.15) is 11.5 Å². The first-order valence-electron chi connectivity index (χ1n) is 8.71. The number of aromatic nitrogens is 2. The van der Waals surface area contributed by atoms with Gasteiger partial charge in [0.15, 0.2) is 0 Å². The van der Waals surface area contributed by atoms with Gasteiger partial charge in [-0.2, -0.15) is 0 Å². The van der Waals surface area contributed by atoms with Crippen LogP contribution in [-0.2, 0) is 6.42 Å². The number of hydrogen-bond acceptors (Lipinski definition) is 4. The summed E-state index contributed by atoms with van der Waals surface area (Å²) in [4.78, 5) is 20.9. The van der Waals surface area contributed by atoms with E-state index < -0.39 is 0 Å². The minimum atomic E-state index is -0.285. The molecule has 0 saturated carbocycles. The van der Waals surface area contributed by atoms with Crippen molar-refractivity contribution < 1.29 is 9.18 Å². The van der Waals surface area contributed by atoms with Crippen LogP contribution in [0.5, 0.6) is 0 Å². The number of nitrogens with zero attached hydrogens (tertiary/aromatic N) is 2. The number of amides is 1. The highest BCUT2D eigenvalue weighted by Crippen LogP contribution is 2.17. The Kier molecular flexibility index (Phi) is 5.76. The van der Waals surface area contributed by atoms with E-state index in [9.17, 15) is 9.18 Å². The molecule has 1 amide bonds. The molecule has 0 unspecified atom stereocenters. The molecule has 1 heterocycles. The zero-order valence-electron chi connectivity index (χ0n) is 15.3. The predicted octanol–water partition coefficient (Wildman–Crippen LogP) is 4.14. The van der Waals surface area contributed by atoms with Crippen molar-refractivity contribution >= 4 is 17.5 Å². The molecule has 0 fully saturated rings. The molecule has 5 nitrogen and oxygen atoms in total. The van der Waals surface area contributed by atoms with Crippen molar-refractivity contribution in [2.24, 2.45) is 0 Å². The van der Waals surface area contributed by atoms with Crippen molar-refractivity contribution in [2.75, 3.05) is 17.2 Å². The van der Waals surface area contributed by atoms with Crippen LogP contribution >= 0.6 is 0 Å². The van der Waals surface area contributed by atoms with Gasteiger partial charge >= 0.3 is 0 Å². The molecular formula is C21H21FN4O. The Morgan fingerprint density at radius 3 is 2.63 bits per heavy atom. The molecular weight excluding hydrogens is 343 g/mol. The second-order valence-electron chi connectivity index (χ2n) is 6.34. The number of carbonyl (C=O) groups is 1. The Balaban J connectivity index is 1.61. The van der Waals surface area contributed by atoms with Crippen molar-refractivity contribution in [3.63, 3.8) is 0 Å². The molecule has 0 saturated heterocycles. The fourth-order valence-electron chi connectivity index (χ4n) is 2.60. The van der Waals surface area contributed by atoms with Crippen LogP contribution in [0.2, 0.25) is 0 Å². The smallest absolute Gasteiger partial charge is 0.274 e. The van der Waals surface area contributed by atoms with Crippen molar-refractivity contribution in [2.45, 2.75) is 20.3 Å². The Morgan fingerprint density at radius 1 is 1.07 bits per heavy atom. The molecule has 0 aliphatic rings. The molecule has 2 N–H and O–H groups in total. The number of anilines is 2. The van der Waals surface area contributed by atoms with Gasteiger partial charge < -0.3 is 10.6 Å². The third kappa shape index (κ3) is 5.10. The summed E-state index contributed by atoms with van der Waals surface area (Å²) in [5.41, 5.74) is 4.12. The summed E-state index contributed by atoms with van der Waals surface area (Å²) in [7, 11) is 0. The first kappa shape index (κ1) is 18.5. The molecule has 3 rings (SSSR count). The summed E-state index contributed by atoms with van der Waals surface area (Å²) in [6.45, 7) is 4.49. The SMILES string of the molecule is Cc1ccc(C)c(NC(=O)c2ccnc(NCCc3ccc(F)cc3)n2)c1. The summed E-state index contributed by atoms with van der Waals surface area (Å²) in [5.74, 6) is -0.156. The third-order valence-electron chi connectivity index (χ3n) is 4.14. The van der Waals surface area contributed by atoms with Crippen LogP contribution in [0.15, 0.2) is 54.7 Å². The Bertz CT molecular complexity index is 941. The number of halogens is 1. The average Bonchev–Trinajstić information content (AvgIpc) is 2.66. The number of benzene rings is 2. The average molecular weight is 364 g/mol. The normalized spacial score (nSPS) is 10.5. The Hall–Kier alpha value is -3.28. The van der Waals surface area contributed by atoms with Crippen molar-refractivity contribution in [1.29, 1.82) is 0 Å². The monoisotopic (exact) mass is 364 g/mol. The molecule has 1 aromatic heterocycles. The van der Waals surface area contributed by atoms with E-state index in [1.807, 2.05) is 32.0 Å². The molecule has 2 aromatic carbocycles. The highest BCUT2D eigenvalue weighted by Gasteiger charge is 2.10. The summed E-state index contributed by atoms with van der Waals surface area (Å²) >= 11 is 0. The van der Waals surface area contributed by atoms with Crippen LogP contribution < -0.4 is 10.6 Å². The molecule has 138 valence electrons. The van der Waals surface area contributed by atoms with Crippen molar-refractivity contribution in [1.82, 2.24) is 9.97 Å². The largest absolute Gasteiger partial charge is 0.354 e. The fourth-order valence-corrected chi connectivity index (χ4v) is 2.60. The van der Waals surface area contributed by atoms with E-state index in [0.29, 0.717) is 18.9 Å². The van der Waals surface area contributed by atoms with Gasteiger partial charge in [-0.25, -0.2) is 14.4 Å². The summed E-state index contributed by atoms with van der Waals surface area (Å²) in [5, 5.41) is 5.98. The number of carbonyl (C=O) groups excluding carboxylic acids is 1. The van der Waals surface area contributed by atoms with E-state index in [1.54, 1.807) is 24.4 Å². The van der Waals surface area contributed by atoms with Gasteiger partial charge in [0.25, 0.3) is 5.91 Å². The molecule has 3 aromatic rings. The fraction of sp³-hybridized carbons (Fsp3) is 0.190. The maximum atomic E-state index is 12.9. The summed E-state index contributed by atoms with van der Waals surface area (Å²) < 4.78 is 12.9. The van der Waals surface area contributed by atoms with Gasteiger partial charge in [-0.3, -0.25) is 4.79 Å². The van der Waals surface area contributed by atoms with Gasteiger partial charge in [0.05, 0.1) is 0 Å². The first-order valence-corrected chi connectivity index (χ1v) is 8.71.